The first-order valence-corrected chi connectivity index (χ1v) is 17.6. The van der Waals surface area contributed by atoms with Gasteiger partial charge in [0.05, 0.1) is 28.3 Å². The molecule has 286 valence electrons. The first kappa shape index (κ1) is 38.1. The first-order valence-electron chi connectivity index (χ1n) is 17.2. The number of Topliss-reactive ketones (excluding diaryl/α,β-unsaturated/α-hetero) is 1. The van der Waals surface area contributed by atoms with Crippen molar-refractivity contribution in [2.45, 2.75) is 75.9 Å². The molecule has 0 spiro atoms. The van der Waals surface area contributed by atoms with E-state index in [2.05, 4.69) is 22.0 Å². The van der Waals surface area contributed by atoms with Gasteiger partial charge in [0.25, 0.3) is 12.3 Å². The second-order valence-corrected chi connectivity index (χ2v) is 15.0. The van der Waals surface area contributed by atoms with Crippen molar-refractivity contribution in [3.63, 3.8) is 0 Å². The lowest BCUT2D eigenvalue weighted by atomic mass is 9.86. The number of halogens is 7. The van der Waals surface area contributed by atoms with E-state index in [1.165, 1.54) is 18.5 Å². The van der Waals surface area contributed by atoms with E-state index in [0.717, 1.165) is 12.1 Å². The van der Waals surface area contributed by atoms with E-state index in [1.54, 1.807) is 31.3 Å². The van der Waals surface area contributed by atoms with Crippen LogP contribution < -0.4 is 5.73 Å². The third kappa shape index (κ3) is 7.32. The highest BCUT2D eigenvalue weighted by atomic mass is 35.5. The van der Waals surface area contributed by atoms with E-state index in [1.807, 2.05) is 0 Å². The number of aryl methyl sites for hydroxylation is 1. The molecular weight excluding hydrogens is 750 g/mol. The zero-order valence-electron chi connectivity index (χ0n) is 29.6. The molecule has 0 bridgehead atoms. The minimum Gasteiger partial charge on any atom is -0.378 e. The summed E-state index contributed by atoms with van der Waals surface area (Å²) < 4.78 is 90.0. The van der Waals surface area contributed by atoms with Crippen LogP contribution in [0.5, 0.6) is 0 Å². The van der Waals surface area contributed by atoms with Gasteiger partial charge in [0.1, 0.15) is 40.9 Å². The zero-order valence-corrected chi connectivity index (χ0v) is 30.4. The van der Waals surface area contributed by atoms with Crippen LogP contribution in [0.1, 0.15) is 84.5 Å². The quantitative estimate of drug-likeness (QED) is 0.109. The van der Waals surface area contributed by atoms with Gasteiger partial charge in [0, 0.05) is 53.4 Å². The SMILES string of the molecule is Cn1nc(CC(N)=O)c2c(Cl)ccc(-c3ccc(C#CC(C)(C)O)nc3[C@@H](CC(=O)Cn3nc(C(F)F)c4c3C(F)(F)[C@@H]3C[C@H]43)Cc3cc(F)cc(F)c3)c21. The Morgan fingerprint density at radius 1 is 1.07 bits per heavy atom. The fourth-order valence-electron chi connectivity index (χ4n) is 7.63. The summed E-state index contributed by atoms with van der Waals surface area (Å²) in [5.41, 5.74) is 4.46. The highest BCUT2D eigenvalue weighted by Gasteiger charge is 2.67. The summed E-state index contributed by atoms with van der Waals surface area (Å²) in [6.45, 7) is 2.14. The number of fused-ring (bicyclic) bond motifs is 4. The number of hydrogen-bond acceptors (Lipinski definition) is 6. The summed E-state index contributed by atoms with van der Waals surface area (Å²) in [6, 6.07) is 9.28. The Kier molecular flexibility index (Phi) is 9.58. The molecule has 2 aliphatic rings. The number of hydrogen-bond donors (Lipinski definition) is 2. The van der Waals surface area contributed by atoms with Crippen LogP contribution in [0, 0.1) is 29.4 Å². The van der Waals surface area contributed by atoms with Crippen LogP contribution in [0.15, 0.2) is 42.5 Å². The number of nitrogens with two attached hydrogens (primary N) is 1. The summed E-state index contributed by atoms with van der Waals surface area (Å²) in [7, 11) is 1.62. The van der Waals surface area contributed by atoms with Crippen molar-refractivity contribution in [3.05, 3.63) is 98.7 Å². The second kappa shape index (κ2) is 13.8. The van der Waals surface area contributed by atoms with Gasteiger partial charge in [-0.2, -0.15) is 19.0 Å². The van der Waals surface area contributed by atoms with Crippen molar-refractivity contribution in [1.82, 2.24) is 24.5 Å². The van der Waals surface area contributed by atoms with Gasteiger partial charge in [-0.15, -0.1) is 0 Å². The summed E-state index contributed by atoms with van der Waals surface area (Å²) in [6.07, 6.45) is -3.98. The lowest BCUT2D eigenvalue weighted by Gasteiger charge is -2.22. The predicted molar refractivity (Wildman–Crippen MR) is 189 cm³/mol. The Morgan fingerprint density at radius 2 is 1.76 bits per heavy atom. The number of amides is 1. The molecule has 3 N–H and O–H groups in total. The summed E-state index contributed by atoms with van der Waals surface area (Å²) in [5, 5.41) is 19.2. The lowest BCUT2D eigenvalue weighted by Crippen LogP contribution is -2.24. The Hall–Kier alpha value is -5.20. The van der Waals surface area contributed by atoms with Gasteiger partial charge in [0.2, 0.25) is 5.91 Å². The van der Waals surface area contributed by atoms with E-state index in [0.29, 0.717) is 38.5 Å². The molecule has 3 aromatic heterocycles. The fraction of sp³-hybridized carbons (Fsp3) is 0.359. The highest BCUT2D eigenvalue weighted by molar-refractivity contribution is 6.36. The molecule has 1 saturated carbocycles. The molecule has 0 radical (unpaired) electrons. The fourth-order valence-corrected chi connectivity index (χ4v) is 7.89. The molecule has 16 heteroatoms. The van der Waals surface area contributed by atoms with E-state index < -0.39 is 83.4 Å². The number of nitrogens with zero attached hydrogens (tertiary/aromatic N) is 5. The maximum atomic E-state index is 15.4. The van der Waals surface area contributed by atoms with Crippen LogP contribution >= 0.6 is 11.6 Å². The number of aromatic nitrogens is 5. The zero-order chi connectivity index (χ0) is 39.7. The summed E-state index contributed by atoms with van der Waals surface area (Å²) in [5.74, 6) is -4.04. The Morgan fingerprint density at radius 3 is 2.42 bits per heavy atom. The number of aliphatic hydroxyl groups is 1. The highest BCUT2D eigenvalue weighted by Crippen LogP contribution is 2.68. The van der Waals surface area contributed by atoms with E-state index >= 15 is 8.78 Å². The van der Waals surface area contributed by atoms with Crippen LogP contribution in [0.25, 0.3) is 22.0 Å². The maximum Gasteiger partial charge on any atom is 0.293 e. The smallest absolute Gasteiger partial charge is 0.293 e. The molecule has 9 nitrogen and oxygen atoms in total. The van der Waals surface area contributed by atoms with E-state index in [-0.39, 0.29) is 46.8 Å². The standard InChI is InChI=1S/C39H33ClF6N6O3/c1-38(2,55)9-8-22-4-5-24(25-6-7-28(40)32-29(16-30(47)54)49-51(3)35(25)32)33(48-22)19(10-18-11-20(41)14-21(42)12-18)13-23(53)17-52-36-31(34(50-52)37(43)44)26-15-27(26)39(36,45)46/h4-7,11-12,14,19,26-27,37,55H,10,13,15-17H2,1-3H3,(H2,47,54)/t19-,26+,27-/m1/s1. The number of carbonyl (C=O) groups excluding carboxylic acids is 2. The first-order chi connectivity index (χ1) is 25.8. The van der Waals surface area contributed by atoms with Crippen molar-refractivity contribution in [2.24, 2.45) is 18.7 Å². The Bertz CT molecular complexity index is 2440. The van der Waals surface area contributed by atoms with Crippen LogP contribution in [-0.4, -0.2) is 46.9 Å². The number of carbonyl (C=O) groups is 2. The summed E-state index contributed by atoms with van der Waals surface area (Å²) >= 11 is 6.62. The van der Waals surface area contributed by atoms with Crippen LogP contribution in [-0.2, 0) is 41.9 Å². The maximum absolute atomic E-state index is 15.4. The van der Waals surface area contributed by atoms with Gasteiger partial charge in [-0.05, 0) is 74.4 Å². The van der Waals surface area contributed by atoms with Gasteiger partial charge < -0.3 is 10.8 Å². The number of rotatable bonds is 11. The van der Waals surface area contributed by atoms with Gasteiger partial charge in [-0.1, -0.05) is 23.6 Å². The normalized spacial score (nSPS) is 17.5. The molecule has 3 atom stereocenters. The molecule has 55 heavy (non-hydrogen) atoms. The van der Waals surface area contributed by atoms with Crippen molar-refractivity contribution < 1.29 is 41.0 Å². The minimum atomic E-state index is -3.46. The second-order valence-electron chi connectivity index (χ2n) is 14.6. The van der Waals surface area contributed by atoms with Crippen molar-refractivity contribution in [1.29, 1.82) is 0 Å². The predicted octanol–water partition coefficient (Wildman–Crippen LogP) is 7.05. The summed E-state index contributed by atoms with van der Waals surface area (Å²) in [4.78, 5) is 30.7. The minimum absolute atomic E-state index is 0.0470. The largest absolute Gasteiger partial charge is 0.378 e. The number of alkyl halides is 4. The van der Waals surface area contributed by atoms with Crippen molar-refractivity contribution in [2.75, 3.05) is 0 Å². The number of benzene rings is 2. The average molecular weight is 783 g/mol. The monoisotopic (exact) mass is 782 g/mol. The number of ketones is 1. The molecule has 0 aliphatic heterocycles. The van der Waals surface area contributed by atoms with Gasteiger partial charge in [0.15, 0.2) is 5.78 Å². The van der Waals surface area contributed by atoms with Gasteiger partial charge >= 0.3 is 0 Å². The third-order valence-corrected chi connectivity index (χ3v) is 10.1. The average Bonchev–Trinajstić information content (AvgIpc) is 3.62. The number of primary amides is 1. The molecule has 7 rings (SSSR count). The molecule has 5 aromatic rings. The van der Waals surface area contributed by atoms with Gasteiger partial charge in [-0.3, -0.25) is 19.0 Å². The van der Waals surface area contributed by atoms with Gasteiger partial charge in [-0.25, -0.2) is 22.5 Å². The van der Waals surface area contributed by atoms with E-state index in [4.69, 9.17) is 22.3 Å². The van der Waals surface area contributed by atoms with E-state index in [9.17, 15) is 32.3 Å². The molecule has 1 fully saturated rings. The molecule has 2 aromatic carbocycles. The molecule has 3 heterocycles. The van der Waals surface area contributed by atoms with Crippen LogP contribution in [0.4, 0.5) is 26.3 Å². The molecular formula is C39H33ClF6N6O3. The Labute approximate surface area is 315 Å². The molecule has 0 saturated heterocycles. The molecule has 2 aliphatic carbocycles. The molecule has 1 amide bonds. The van der Waals surface area contributed by atoms with Crippen molar-refractivity contribution >= 4 is 34.2 Å². The van der Waals surface area contributed by atoms with Crippen LogP contribution in [0.3, 0.4) is 0 Å². The van der Waals surface area contributed by atoms with Crippen molar-refractivity contribution in [3.8, 4) is 23.0 Å². The molecule has 0 unspecified atom stereocenters. The third-order valence-electron chi connectivity index (χ3n) is 9.82. The van der Waals surface area contributed by atoms with Crippen LogP contribution in [0.2, 0.25) is 5.02 Å². The lowest BCUT2D eigenvalue weighted by molar-refractivity contribution is -0.120. The topological polar surface area (TPSA) is 129 Å². The number of pyridine rings is 1. The Balaban J connectivity index is 1.38.